The Morgan fingerprint density at radius 1 is 1.04 bits per heavy atom. The highest BCUT2D eigenvalue weighted by molar-refractivity contribution is 7.09. The van der Waals surface area contributed by atoms with Crippen LogP contribution in [0.25, 0.3) is 0 Å². The van der Waals surface area contributed by atoms with E-state index in [0.717, 1.165) is 19.5 Å². The molecule has 0 aliphatic carbocycles. The van der Waals surface area contributed by atoms with E-state index < -0.39 is 23.9 Å². The number of thiophene rings is 1. The van der Waals surface area contributed by atoms with E-state index in [1.165, 1.54) is 10.9 Å². The molecule has 2 heterocycles. The summed E-state index contributed by atoms with van der Waals surface area (Å²) in [5, 5.41) is 8.72. The average Bonchev–Trinajstić information content (AvgIpc) is 3.56. The lowest BCUT2D eigenvalue weighted by atomic mass is 9.94. The van der Waals surface area contributed by atoms with E-state index >= 15 is 0 Å². The number of para-hydroxylation sites is 1. The Morgan fingerprint density at radius 2 is 1.84 bits per heavy atom. The van der Waals surface area contributed by atoms with Crippen LogP contribution in [0.4, 0.5) is 10.1 Å². The summed E-state index contributed by atoms with van der Waals surface area (Å²) < 4.78 is 33.0. The van der Waals surface area contributed by atoms with Crippen molar-refractivity contribution in [3.8, 4) is 11.5 Å². The van der Waals surface area contributed by atoms with Crippen LogP contribution in [0.1, 0.15) is 61.3 Å². The molecule has 1 aliphatic rings. The number of carbonyl (C=O) groups excluding carboxylic acids is 2. The van der Waals surface area contributed by atoms with Crippen LogP contribution in [0.15, 0.2) is 78.2 Å². The number of halogens is 3. The Labute approximate surface area is 308 Å². The summed E-state index contributed by atoms with van der Waals surface area (Å²) >= 11 is 8.28. The van der Waals surface area contributed by atoms with E-state index in [1.807, 2.05) is 51.1 Å². The second kappa shape index (κ2) is 18.0. The van der Waals surface area contributed by atoms with Gasteiger partial charge in [0.15, 0.2) is 11.5 Å². The number of nitrogens with one attached hydrogen (secondary N) is 2. The van der Waals surface area contributed by atoms with E-state index in [-0.39, 0.29) is 36.7 Å². The van der Waals surface area contributed by atoms with Crippen molar-refractivity contribution in [1.82, 2.24) is 10.6 Å². The van der Waals surface area contributed by atoms with Gasteiger partial charge in [0.05, 0.1) is 20.1 Å². The predicted molar refractivity (Wildman–Crippen MR) is 199 cm³/mol. The van der Waals surface area contributed by atoms with Gasteiger partial charge in [0.1, 0.15) is 18.0 Å². The first-order valence-electron chi connectivity index (χ1n) is 16.3. The number of anilines is 1. The molecule has 3 aromatic carbocycles. The topological polar surface area (TPSA) is 89.1 Å². The normalized spacial score (nSPS) is 15.9. The molecule has 5 rings (SSSR count). The number of fused-ring (bicyclic) bond motifs is 1. The molecular formula is C38H44Cl2FN3O5S. The number of methoxy groups -OCH3 is 1. The van der Waals surface area contributed by atoms with Crippen molar-refractivity contribution in [1.29, 1.82) is 0 Å². The predicted octanol–water partition coefficient (Wildman–Crippen LogP) is 8.10. The van der Waals surface area contributed by atoms with Gasteiger partial charge >= 0.3 is 0 Å². The van der Waals surface area contributed by atoms with Crippen LogP contribution in [0.5, 0.6) is 11.5 Å². The lowest BCUT2D eigenvalue weighted by Gasteiger charge is -2.31. The lowest BCUT2D eigenvalue weighted by molar-refractivity contribution is -0.138. The number of amides is 2. The molecule has 0 bridgehead atoms. The fourth-order valence-electron chi connectivity index (χ4n) is 5.73. The SMILES string of the molecule is COc1c(OCCCNCc2cccs2)cccc1[C@H]1O[C@H](CC(=O)NCc2ccccc2F)C(=O)N(CC(C)(C)C)c2ccc(Cl)cc21.Cl. The van der Waals surface area contributed by atoms with Crippen molar-refractivity contribution < 1.29 is 28.2 Å². The van der Waals surface area contributed by atoms with E-state index in [1.54, 1.807) is 53.7 Å². The third kappa shape index (κ3) is 10.2. The third-order valence-corrected chi connectivity index (χ3v) is 9.08. The Morgan fingerprint density at radius 3 is 2.56 bits per heavy atom. The molecule has 268 valence electrons. The highest BCUT2D eigenvalue weighted by Crippen LogP contribution is 2.45. The molecule has 2 atom stereocenters. The van der Waals surface area contributed by atoms with Gasteiger partial charge in [-0.25, -0.2) is 4.39 Å². The van der Waals surface area contributed by atoms with Crippen molar-refractivity contribution in [2.45, 2.75) is 58.9 Å². The number of benzene rings is 3. The molecule has 1 aromatic heterocycles. The first kappa shape index (κ1) is 39.1. The van der Waals surface area contributed by atoms with Crippen LogP contribution in [0, 0.1) is 11.2 Å². The van der Waals surface area contributed by atoms with Crippen molar-refractivity contribution >= 4 is 52.8 Å². The quantitative estimate of drug-likeness (QED) is 0.127. The number of carbonyl (C=O) groups is 2. The molecule has 50 heavy (non-hydrogen) atoms. The monoisotopic (exact) mass is 743 g/mol. The van der Waals surface area contributed by atoms with E-state index in [0.29, 0.717) is 52.1 Å². The Hall–Kier alpha value is -3.67. The Kier molecular flexibility index (Phi) is 14.1. The molecule has 4 aromatic rings. The summed E-state index contributed by atoms with van der Waals surface area (Å²) in [7, 11) is 1.56. The van der Waals surface area contributed by atoms with Crippen molar-refractivity contribution in [2.75, 3.05) is 31.7 Å². The second-order valence-electron chi connectivity index (χ2n) is 13.1. The lowest BCUT2D eigenvalue weighted by Crippen LogP contribution is -2.45. The Bertz CT molecular complexity index is 1730. The first-order valence-corrected chi connectivity index (χ1v) is 17.6. The summed E-state index contributed by atoms with van der Waals surface area (Å²) in [4.78, 5) is 30.6. The fourth-order valence-corrected chi connectivity index (χ4v) is 6.59. The van der Waals surface area contributed by atoms with Crippen molar-refractivity contribution in [2.24, 2.45) is 5.41 Å². The molecule has 0 unspecified atom stereocenters. The first-order chi connectivity index (χ1) is 23.5. The zero-order valence-electron chi connectivity index (χ0n) is 28.7. The van der Waals surface area contributed by atoms with Crippen LogP contribution in [-0.4, -0.2) is 44.7 Å². The van der Waals surface area contributed by atoms with Gasteiger partial charge in [-0.05, 0) is 60.2 Å². The summed E-state index contributed by atoms with van der Waals surface area (Å²) in [5.74, 6) is -0.228. The maximum Gasteiger partial charge on any atom is 0.256 e. The van der Waals surface area contributed by atoms with E-state index in [4.69, 9.17) is 25.8 Å². The number of ether oxygens (including phenoxy) is 3. The number of hydrogen-bond donors (Lipinski definition) is 2. The highest BCUT2D eigenvalue weighted by Gasteiger charge is 2.40. The molecule has 0 fully saturated rings. The van der Waals surface area contributed by atoms with Gasteiger partial charge in [-0.15, -0.1) is 23.7 Å². The molecule has 0 spiro atoms. The number of rotatable bonds is 14. The molecule has 0 saturated carbocycles. The van der Waals surface area contributed by atoms with Crippen LogP contribution in [0.3, 0.4) is 0 Å². The number of nitrogens with zero attached hydrogens (tertiary/aromatic N) is 1. The average molecular weight is 745 g/mol. The second-order valence-corrected chi connectivity index (χ2v) is 14.6. The maximum atomic E-state index is 14.3. The maximum absolute atomic E-state index is 14.3. The summed E-state index contributed by atoms with van der Waals surface area (Å²) in [5.41, 5.74) is 1.98. The zero-order valence-corrected chi connectivity index (χ0v) is 31.1. The van der Waals surface area contributed by atoms with Gasteiger partial charge in [0, 0.05) is 51.9 Å². The van der Waals surface area contributed by atoms with Crippen LogP contribution in [0.2, 0.25) is 5.02 Å². The smallest absolute Gasteiger partial charge is 0.256 e. The Balaban J connectivity index is 0.00000562. The van der Waals surface area contributed by atoms with Crippen LogP contribution < -0.4 is 25.0 Å². The summed E-state index contributed by atoms with van der Waals surface area (Å²) in [6, 6.07) is 21.3. The summed E-state index contributed by atoms with van der Waals surface area (Å²) in [6.07, 6.45) is -1.50. The van der Waals surface area contributed by atoms with Gasteiger partial charge in [-0.2, -0.15) is 0 Å². The molecule has 2 amide bonds. The standard InChI is InChI=1S/C38H43ClFN3O5S.ClH/c1-38(2,3)24-43-31-16-15-26(39)20-29(31)35(48-33(37(43)45)21-34(44)42-22-25-10-5-6-13-30(25)40)28-12-7-14-32(36(28)46-4)47-18-9-17-41-23-27-11-8-19-49-27;/h5-8,10-16,19-20,33,35,41H,9,17-18,21-24H2,1-4H3,(H,42,44);1H/t33-,35-;/m1./s1. The van der Waals surface area contributed by atoms with Gasteiger partial charge in [0.25, 0.3) is 5.91 Å². The summed E-state index contributed by atoms with van der Waals surface area (Å²) in [6.45, 7) is 8.51. The number of hydrogen-bond acceptors (Lipinski definition) is 7. The van der Waals surface area contributed by atoms with Gasteiger partial charge in [-0.1, -0.05) is 68.8 Å². The molecule has 12 heteroatoms. The van der Waals surface area contributed by atoms with E-state index in [2.05, 4.69) is 22.1 Å². The third-order valence-electron chi connectivity index (χ3n) is 7.97. The van der Waals surface area contributed by atoms with Crippen molar-refractivity contribution in [3.05, 3.63) is 111 Å². The van der Waals surface area contributed by atoms with Crippen LogP contribution >= 0.6 is 35.3 Å². The van der Waals surface area contributed by atoms with Gasteiger partial charge < -0.3 is 29.7 Å². The minimum Gasteiger partial charge on any atom is -0.492 e. The molecular weight excluding hydrogens is 700 g/mol. The zero-order chi connectivity index (χ0) is 35.0. The van der Waals surface area contributed by atoms with Crippen LogP contribution in [-0.2, 0) is 27.4 Å². The molecule has 1 aliphatic heterocycles. The van der Waals surface area contributed by atoms with Gasteiger partial charge in [-0.3, -0.25) is 9.59 Å². The van der Waals surface area contributed by atoms with Gasteiger partial charge in [0.2, 0.25) is 5.91 Å². The minimum atomic E-state index is -1.16. The minimum absolute atomic E-state index is 0. The highest BCUT2D eigenvalue weighted by atomic mass is 35.5. The molecule has 8 nitrogen and oxygen atoms in total. The van der Waals surface area contributed by atoms with Crippen molar-refractivity contribution in [3.63, 3.8) is 0 Å². The fraction of sp³-hybridized carbons (Fsp3) is 0.368. The largest absolute Gasteiger partial charge is 0.492 e. The molecule has 0 radical (unpaired) electrons. The molecule has 0 saturated heterocycles. The molecule has 2 N–H and O–H groups in total. The van der Waals surface area contributed by atoms with E-state index in [9.17, 15) is 14.0 Å².